The normalized spacial score (nSPS) is 37.5. The maximum Gasteiger partial charge on any atom is 0.0329 e. The van der Waals surface area contributed by atoms with E-state index in [1.165, 1.54) is 68.4 Å². The number of nitrogens with zero attached hydrogens (tertiary/aromatic N) is 2. The molecular formula is C30H36IrN2-2. The number of hydrogen-bond donors (Lipinski definition) is 0. The van der Waals surface area contributed by atoms with Crippen molar-refractivity contribution >= 4 is 17.1 Å². The molecular weight excluding hydrogens is 581 g/mol. The monoisotopic (exact) mass is 617 g/mol. The zero-order valence-corrected chi connectivity index (χ0v) is 23.2. The minimum Gasteiger partial charge on any atom is -0.504 e. The summed E-state index contributed by atoms with van der Waals surface area (Å²) in [5, 5.41) is 0. The van der Waals surface area contributed by atoms with E-state index in [-0.39, 0.29) is 20.1 Å². The molecule has 2 nitrogen and oxygen atoms in total. The molecule has 2 aromatic rings. The Labute approximate surface area is 213 Å². The molecule has 1 heterocycles. The first kappa shape index (κ1) is 22.2. The summed E-state index contributed by atoms with van der Waals surface area (Å²) >= 11 is 0. The van der Waals surface area contributed by atoms with Crippen LogP contribution in [0.25, 0.3) is 0 Å². The second-order valence-electron chi connectivity index (χ2n) is 12.9. The quantitative estimate of drug-likeness (QED) is 0.308. The molecule has 1 radical (unpaired) electrons. The Morgan fingerprint density at radius 3 is 1.61 bits per heavy atom. The first-order valence-corrected chi connectivity index (χ1v) is 12.8. The van der Waals surface area contributed by atoms with E-state index < -0.39 is 0 Å². The molecule has 1 aliphatic heterocycles. The smallest absolute Gasteiger partial charge is 0.0329 e. The number of hydrogen-bond acceptors (Lipinski definition) is 2. The van der Waals surface area contributed by atoms with E-state index in [0.29, 0.717) is 21.7 Å². The summed E-state index contributed by atoms with van der Waals surface area (Å²) in [4.78, 5) is 4.74. The van der Waals surface area contributed by atoms with Gasteiger partial charge in [0.2, 0.25) is 0 Å². The summed E-state index contributed by atoms with van der Waals surface area (Å²) in [7, 11) is 2.21. The third kappa shape index (κ3) is 2.76. The number of anilines is 3. The number of benzene rings is 2. The number of rotatable bonds is 1. The van der Waals surface area contributed by atoms with Crippen LogP contribution in [0.1, 0.15) is 101 Å². The zero-order valence-electron chi connectivity index (χ0n) is 20.8. The van der Waals surface area contributed by atoms with Crippen LogP contribution in [0.4, 0.5) is 17.1 Å². The largest absolute Gasteiger partial charge is 0.504 e. The van der Waals surface area contributed by atoms with Gasteiger partial charge < -0.3 is 9.80 Å². The van der Waals surface area contributed by atoms with E-state index in [0.717, 1.165) is 0 Å². The van der Waals surface area contributed by atoms with Gasteiger partial charge in [-0.2, -0.15) is 18.8 Å². The Hall–Kier alpha value is -1.31. The molecule has 9 rings (SSSR count). The molecule has 3 heteroatoms. The Morgan fingerprint density at radius 1 is 0.667 bits per heavy atom. The third-order valence-electron chi connectivity index (χ3n) is 10.8. The van der Waals surface area contributed by atoms with Gasteiger partial charge in [0.25, 0.3) is 0 Å². The molecule has 0 aromatic heterocycles. The van der Waals surface area contributed by atoms with Crippen LogP contribution in [-0.4, -0.2) is 7.05 Å². The minimum atomic E-state index is 0. The van der Waals surface area contributed by atoms with E-state index in [2.05, 4.69) is 81.5 Å². The van der Waals surface area contributed by atoms with Gasteiger partial charge >= 0.3 is 0 Å². The van der Waals surface area contributed by atoms with Crippen LogP contribution < -0.4 is 9.80 Å². The molecule has 33 heavy (non-hydrogen) atoms. The van der Waals surface area contributed by atoms with Gasteiger partial charge in [-0.25, -0.2) is 0 Å². The second-order valence-corrected chi connectivity index (χ2v) is 12.9. The fraction of sp³-hybridized carbons (Fsp3) is 0.567. The molecule has 0 saturated heterocycles. The van der Waals surface area contributed by atoms with Gasteiger partial charge in [-0.05, 0) is 85.1 Å². The van der Waals surface area contributed by atoms with Crippen LogP contribution in [0, 0.1) is 12.7 Å². The molecule has 0 unspecified atom stereocenters. The van der Waals surface area contributed by atoms with Gasteiger partial charge in [-0.1, -0.05) is 46.0 Å². The molecule has 2 aromatic carbocycles. The van der Waals surface area contributed by atoms with Crippen molar-refractivity contribution in [2.75, 3.05) is 16.8 Å². The van der Waals surface area contributed by atoms with Gasteiger partial charge in [0.05, 0.1) is 0 Å². The summed E-state index contributed by atoms with van der Waals surface area (Å²) in [6.45, 7) is 12.3. The van der Waals surface area contributed by atoms with Crippen molar-refractivity contribution in [1.29, 1.82) is 0 Å². The van der Waals surface area contributed by atoms with Crippen LogP contribution in [0.5, 0.6) is 0 Å². The molecule has 0 N–H and O–H groups in total. The third-order valence-corrected chi connectivity index (χ3v) is 10.8. The van der Waals surface area contributed by atoms with Crippen molar-refractivity contribution in [3.63, 3.8) is 0 Å². The summed E-state index contributed by atoms with van der Waals surface area (Å²) in [5.74, 6) is 0. The predicted molar refractivity (Wildman–Crippen MR) is 133 cm³/mol. The summed E-state index contributed by atoms with van der Waals surface area (Å²) < 4.78 is 0. The van der Waals surface area contributed by atoms with Gasteiger partial charge in [-0.3, -0.25) is 0 Å². The Morgan fingerprint density at radius 2 is 1.09 bits per heavy atom. The van der Waals surface area contributed by atoms with Crippen LogP contribution >= 0.6 is 0 Å². The maximum absolute atomic E-state index is 3.73. The van der Waals surface area contributed by atoms with Crippen LogP contribution in [0.15, 0.2) is 24.3 Å². The van der Waals surface area contributed by atoms with Crippen molar-refractivity contribution in [2.24, 2.45) is 0 Å². The van der Waals surface area contributed by atoms with E-state index in [9.17, 15) is 0 Å². The molecule has 0 amide bonds. The van der Waals surface area contributed by atoms with Crippen molar-refractivity contribution < 1.29 is 20.1 Å². The summed E-state index contributed by atoms with van der Waals surface area (Å²) in [5.41, 5.74) is 11.7. The Kier molecular flexibility index (Phi) is 4.48. The predicted octanol–water partition coefficient (Wildman–Crippen LogP) is 7.40. The molecule has 0 spiro atoms. The maximum atomic E-state index is 3.73. The van der Waals surface area contributed by atoms with Crippen molar-refractivity contribution in [2.45, 2.75) is 101 Å². The standard InChI is InChI=1S/C30H36N2.Ir/c1-27-8-10-28(2,11-9-27)22-16-20(6-7-21(22)27)32-19-31(5)25-17-23-24(18-26(25)32)30(4)14-12-29(23,3)13-15-30;/h7,16-19H,8-15H2,1-5H3;/q-2;. The van der Waals surface area contributed by atoms with Crippen molar-refractivity contribution in [1.82, 2.24) is 0 Å². The van der Waals surface area contributed by atoms with Gasteiger partial charge in [0.15, 0.2) is 0 Å². The molecule has 6 aliphatic carbocycles. The summed E-state index contributed by atoms with van der Waals surface area (Å²) in [6.07, 6.45) is 10.6. The SMILES string of the molecule is CN1[CH-]N(c2[c-]cc3c(c2)C2(C)CCC3(C)CC2)c2cc3c(cc21)C1(C)CCC3(C)CC1.[Ir]. The molecule has 177 valence electrons. The van der Waals surface area contributed by atoms with E-state index in [4.69, 9.17) is 0 Å². The zero-order chi connectivity index (χ0) is 22.1. The molecule has 7 aliphatic rings. The van der Waals surface area contributed by atoms with Gasteiger partial charge in [0, 0.05) is 31.5 Å². The van der Waals surface area contributed by atoms with Crippen molar-refractivity contribution in [3.05, 3.63) is 59.3 Å². The van der Waals surface area contributed by atoms with Crippen LogP contribution in [0.2, 0.25) is 0 Å². The molecule has 4 bridgehead atoms. The Balaban J connectivity index is 0.00000206. The van der Waals surface area contributed by atoms with E-state index >= 15 is 0 Å². The second kappa shape index (κ2) is 6.67. The van der Waals surface area contributed by atoms with Crippen LogP contribution in [-0.2, 0) is 41.8 Å². The first-order chi connectivity index (χ1) is 15.1. The van der Waals surface area contributed by atoms with Crippen molar-refractivity contribution in [3.8, 4) is 0 Å². The Bertz CT molecular complexity index is 1150. The van der Waals surface area contributed by atoms with Gasteiger partial charge in [-0.15, -0.1) is 22.9 Å². The topological polar surface area (TPSA) is 6.48 Å². The summed E-state index contributed by atoms with van der Waals surface area (Å²) in [6, 6.07) is 13.6. The first-order valence-electron chi connectivity index (χ1n) is 12.8. The number of fused-ring (bicyclic) bond motifs is 5. The minimum absolute atomic E-state index is 0. The molecule has 2 saturated carbocycles. The van der Waals surface area contributed by atoms with E-state index in [1.54, 1.807) is 22.3 Å². The average molecular weight is 617 g/mol. The fourth-order valence-corrected chi connectivity index (χ4v) is 7.94. The van der Waals surface area contributed by atoms with Crippen LogP contribution in [0.3, 0.4) is 0 Å². The average Bonchev–Trinajstić information content (AvgIpc) is 3.12. The van der Waals surface area contributed by atoms with E-state index in [1.807, 2.05) is 0 Å². The molecule has 2 fully saturated rings. The molecule has 0 atom stereocenters. The van der Waals surface area contributed by atoms with Gasteiger partial charge in [0.1, 0.15) is 0 Å². The fourth-order valence-electron chi connectivity index (χ4n) is 7.94.